The smallest absolute Gasteiger partial charge is 0.265 e. The second kappa shape index (κ2) is 6.19. The number of rotatable bonds is 4. The zero-order valence-corrected chi connectivity index (χ0v) is 13.5. The molecule has 0 aliphatic rings. The molecule has 5 nitrogen and oxygen atoms in total. The molecule has 22 heavy (non-hydrogen) atoms. The highest BCUT2D eigenvalue weighted by Crippen LogP contribution is 2.28. The number of para-hydroxylation sites is 2. The molecule has 1 heterocycles. The molecular weight excluding hydrogens is 300 g/mol. The molecule has 2 rings (SSSR count). The van der Waals surface area contributed by atoms with Gasteiger partial charge in [-0.3, -0.25) is 9.59 Å². The lowest BCUT2D eigenvalue weighted by Crippen LogP contribution is -2.24. The van der Waals surface area contributed by atoms with E-state index in [1.165, 1.54) is 17.4 Å². The van der Waals surface area contributed by atoms with Gasteiger partial charge < -0.3 is 15.8 Å². The molecule has 0 atom stereocenters. The van der Waals surface area contributed by atoms with Gasteiger partial charge in [-0.05, 0) is 39.0 Å². The van der Waals surface area contributed by atoms with E-state index in [4.69, 9.17) is 10.5 Å². The van der Waals surface area contributed by atoms with E-state index in [1.807, 2.05) is 32.9 Å². The number of nitrogens with one attached hydrogen (secondary N) is 1. The van der Waals surface area contributed by atoms with Gasteiger partial charge in [0, 0.05) is 5.38 Å². The first kappa shape index (κ1) is 16.0. The Morgan fingerprint density at radius 3 is 2.50 bits per heavy atom. The van der Waals surface area contributed by atoms with Crippen LogP contribution in [0.2, 0.25) is 0 Å². The lowest BCUT2D eigenvalue weighted by Gasteiger charge is -2.23. The normalized spacial score (nSPS) is 11.0. The fourth-order valence-corrected chi connectivity index (χ4v) is 2.55. The first-order valence-electron chi connectivity index (χ1n) is 6.74. The minimum absolute atomic E-state index is 0.303. The molecule has 2 aromatic rings. The third-order valence-electron chi connectivity index (χ3n) is 2.66. The summed E-state index contributed by atoms with van der Waals surface area (Å²) in [5.74, 6) is -0.260. The van der Waals surface area contributed by atoms with Gasteiger partial charge in [0.25, 0.3) is 5.91 Å². The minimum atomic E-state index is -0.549. The van der Waals surface area contributed by atoms with Gasteiger partial charge in [0.1, 0.15) is 11.4 Å². The molecule has 0 saturated heterocycles. The Kier molecular flexibility index (Phi) is 4.51. The Hall–Kier alpha value is -2.34. The predicted molar refractivity (Wildman–Crippen MR) is 87.6 cm³/mol. The van der Waals surface area contributed by atoms with Gasteiger partial charge in [-0.2, -0.15) is 0 Å². The summed E-state index contributed by atoms with van der Waals surface area (Å²) >= 11 is 1.17. The van der Waals surface area contributed by atoms with Gasteiger partial charge in [0.2, 0.25) is 5.91 Å². The van der Waals surface area contributed by atoms with Crippen LogP contribution in [0.3, 0.4) is 0 Å². The first-order valence-corrected chi connectivity index (χ1v) is 7.62. The Morgan fingerprint density at radius 1 is 1.23 bits per heavy atom. The van der Waals surface area contributed by atoms with E-state index >= 15 is 0 Å². The van der Waals surface area contributed by atoms with Crippen LogP contribution in [0.1, 0.15) is 40.8 Å². The number of carbonyl (C=O) groups excluding carboxylic acids is 2. The van der Waals surface area contributed by atoms with E-state index in [9.17, 15) is 9.59 Å². The number of nitrogens with two attached hydrogens (primary N) is 1. The zero-order chi connectivity index (χ0) is 16.3. The van der Waals surface area contributed by atoms with E-state index in [1.54, 1.807) is 17.5 Å². The second-order valence-electron chi connectivity index (χ2n) is 5.73. The van der Waals surface area contributed by atoms with E-state index in [0.29, 0.717) is 21.9 Å². The molecule has 0 bridgehead atoms. The second-order valence-corrected chi connectivity index (χ2v) is 6.64. The molecular formula is C16H18N2O3S. The molecule has 0 aliphatic carbocycles. The number of hydrogen-bond donors (Lipinski definition) is 2. The number of primary amides is 1. The number of benzene rings is 1. The van der Waals surface area contributed by atoms with Gasteiger partial charge in [-0.1, -0.05) is 12.1 Å². The van der Waals surface area contributed by atoms with Crippen LogP contribution in [0.25, 0.3) is 0 Å². The van der Waals surface area contributed by atoms with Crippen molar-refractivity contribution < 1.29 is 14.3 Å². The minimum Gasteiger partial charge on any atom is -0.486 e. The van der Waals surface area contributed by atoms with Gasteiger partial charge in [0.15, 0.2) is 0 Å². The maximum atomic E-state index is 12.3. The monoisotopic (exact) mass is 318 g/mol. The van der Waals surface area contributed by atoms with Crippen LogP contribution in [-0.4, -0.2) is 17.4 Å². The highest BCUT2D eigenvalue weighted by atomic mass is 32.1. The zero-order valence-electron chi connectivity index (χ0n) is 12.7. The van der Waals surface area contributed by atoms with Crippen LogP contribution in [0, 0.1) is 0 Å². The van der Waals surface area contributed by atoms with Crippen molar-refractivity contribution in [3.8, 4) is 5.75 Å². The lowest BCUT2D eigenvalue weighted by molar-refractivity contribution is 0.100. The summed E-state index contributed by atoms with van der Waals surface area (Å²) < 4.78 is 5.83. The average Bonchev–Trinajstić information content (AvgIpc) is 2.89. The number of ether oxygens (including phenoxy) is 1. The van der Waals surface area contributed by atoms with Crippen LogP contribution >= 0.6 is 11.3 Å². The van der Waals surface area contributed by atoms with Crippen LogP contribution in [-0.2, 0) is 0 Å². The first-order chi connectivity index (χ1) is 10.3. The van der Waals surface area contributed by atoms with Gasteiger partial charge >= 0.3 is 0 Å². The van der Waals surface area contributed by atoms with Gasteiger partial charge in [-0.25, -0.2) is 0 Å². The Morgan fingerprint density at radius 2 is 1.91 bits per heavy atom. The topological polar surface area (TPSA) is 81.4 Å². The van der Waals surface area contributed by atoms with E-state index in [0.717, 1.165) is 0 Å². The predicted octanol–water partition coefficient (Wildman–Crippen LogP) is 3.28. The average molecular weight is 318 g/mol. The highest BCUT2D eigenvalue weighted by Gasteiger charge is 2.17. The Bertz CT molecular complexity index is 701. The quantitative estimate of drug-likeness (QED) is 0.907. The summed E-state index contributed by atoms with van der Waals surface area (Å²) in [6, 6.07) is 8.70. The van der Waals surface area contributed by atoms with Crippen LogP contribution in [0.4, 0.5) is 5.69 Å². The van der Waals surface area contributed by atoms with Crippen LogP contribution in [0.15, 0.2) is 35.7 Å². The number of carbonyl (C=O) groups is 2. The third-order valence-corrected chi connectivity index (χ3v) is 3.59. The third kappa shape index (κ3) is 4.08. The van der Waals surface area contributed by atoms with Crippen LogP contribution in [0.5, 0.6) is 5.75 Å². The number of amides is 2. The number of anilines is 1. The molecule has 0 unspecified atom stereocenters. The van der Waals surface area contributed by atoms with E-state index < -0.39 is 5.91 Å². The summed E-state index contributed by atoms with van der Waals surface area (Å²) in [5, 5.41) is 4.36. The molecule has 116 valence electrons. The fraction of sp³-hybridized carbons (Fsp3) is 0.250. The summed E-state index contributed by atoms with van der Waals surface area (Å²) in [6.07, 6.45) is 0. The summed E-state index contributed by atoms with van der Waals surface area (Å²) in [6.45, 7) is 5.80. The van der Waals surface area contributed by atoms with Crippen molar-refractivity contribution in [2.45, 2.75) is 26.4 Å². The van der Waals surface area contributed by atoms with E-state index in [-0.39, 0.29) is 11.5 Å². The number of hydrogen-bond acceptors (Lipinski definition) is 4. The largest absolute Gasteiger partial charge is 0.486 e. The maximum absolute atomic E-state index is 12.3. The Balaban J connectivity index is 2.19. The highest BCUT2D eigenvalue weighted by molar-refractivity contribution is 7.12. The molecule has 1 aromatic heterocycles. The fourth-order valence-electron chi connectivity index (χ4n) is 1.76. The molecule has 0 spiro atoms. The van der Waals surface area contributed by atoms with Crippen molar-refractivity contribution in [2.75, 3.05) is 5.32 Å². The van der Waals surface area contributed by atoms with Crippen LogP contribution < -0.4 is 15.8 Å². The number of thiophene rings is 1. The summed E-state index contributed by atoms with van der Waals surface area (Å²) in [4.78, 5) is 23.8. The molecule has 0 radical (unpaired) electrons. The maximum Gasteiger partial charge on any atom is 0.265 e. The van der Waals surface area contributed by atoms with Crippen molar-refractivity contribution >= 4 is 28.8 Å². The van der Waals surface area contributed by atoms with Crippen molar-refractivity contribution in [1.29, 1.82) is 0 Å². The van der Waals surface area contributed by atoms with E-state index in [2.05, 4.69) is 5.32 Å². The summed E-state index contributed by atoms with van der Waals surface area (Å²) in [7, 11) is 0. The van der Waals surface area contributed by atoms with Crippen molar-refractivity contribution in [2.24, 2.45) is 5.73 Å². The van der Waals surface area contributed by atoms with Gasteiger partial charge in [0.05, 0.1) is 16.1 Å². The summed E-state index contributed by atoms with van der Waals surface area (Å²) in [5.41, 5.74) is 5.73. The molecule has 2 amide bonds. The molecule has 1 aromatic carbocycles. The van der Waals surface area contributed by atoms with Gasteiger partial charge in [-0.15, -0.1) is 11.3 Å². The SMILES string of the molecule is CC(C)(C)Oc1ccccc1NC(=O)c1cc(C(N)=O)cs1. The van der Waals surface area contributed by atoms with Crippen molar-refractivity contribution in [3.63, 3.8) is 0 Å². The van der Waals surface area contributed by atoms with Crippen molar-refractivity contribution in [1.82, 2.24) is 0 Å². The standard InChI is InChI=1S/C16H18N2O3S/c1-16(2,3)21-12-7-5-4-6-11(12)18-15(20)13-8-10(9-22-13)14(17)19/h4-9H,1-3H3,(H2,17,19)(H,18,20). The molecule has 0 saturated carbocycles. The molecule has 3 N–H and O–H groups in total. The molecule has 0 fully saturated rings. The molecule has 0 aliphatic heterocycles. The Labute approximate surface area is 133 Å². The lowest BCUT2D eigenvalue weighted by atomic mass is 10.2. The van der Waals surface area contributed by atoms with Crippen molar-refractivity contribution in [3.05, 3.63) is 46.2 Å². The molecule has 6 heteroatoms.